The molecule has 0 aromatic heterocycles. The van der Waals surface area contributed by atoms with Gasteiger partial charge < -0.3 is 14.7 Å². The predicted molar refractivity (Wildman–Crippen MR) is 14.3 cm³/mol. The second-order valence-electron chi connectivity index (χ2n) is 0.513. The van der Waals surface area contributed by atoms with Crippen molar-refractivity contribution >= 4 is 7.82 Å². The second-order valence-corrected chi connectivity index (χ2v) is 1.54. The van der Waals surface area contributed by atoms with Gasteiger partial charge in [-0.1, -0.05) is 0 Å². The van der Waals surface area contributed by atoms with Gasteiger partial charge in [0.1, 0.15) is 0 Å². The van der Waals surface area contributed by atoms with E-state index in [-0.39, 0.29) is 38.2 Å². The van der Waals surface area contributed by atoms with Gasteiger partial charge >= 0.3 is 7.82 Å². The molecule has 0 aromatic carbocycles. The summed E-state index contributed by atoms with van der Waals surface area (Å²) in [7, 11) is -4.64. The number of hydrogen-bond acceptors (Lipinski definition) is 1. The number of phosphoric acid groups is 1. The molecule has 0 rings (SSSR count). The molecule has 4 nitrogen and oxygen atoms in total. The maximum atomic E-state index is 8.88. The minimum atomic E-state index is -4.64. The Kier molecular flexibility index (Phi) is 12.3. The summed E-state index contributed by atoms with van der Waals surface area (Å²) >= 11 is 0. The van der Waals surface area contributed by atoms with Gasteiger partial charge in [-0.2, -0.15) is 0 Å². The molecule has 0 spiro atoms. The second kappa shape index (κ2) is 5.45. The van der Waals surface area contributed by atoms with Gasteiger partial charge in [0.25, 0.3) is 0 Å². The van der Waals surface area contributed by atoms with E-state index in [4.69, 9.17) is 19.2 Å². The topological polar surface area (TPSA) is 77.8 Å². The Hall–Kier alpha value is 1.32. The van der Waals surface area contributed by atoms with Gasteiger partial charge in [-0.25, -0.2) is 4.57 Å². The van der Waals surface area contributed by atoms with Crippen molar-refractivity contribution in [3.05, 3.63) is 0 Å². The molecule has 0 fully saturated rings. The van der Waals surface area contributed by atoms with Crippen LogP contribution in [0.25, 0.3) is 0 Å². The molecule has 7 heteroatoms. The van der Waals surface area contributed by atoms with E-state index >= 15 is 0 Å². The molecule has 46 valence electrons. The van der Waals surface area contributed by atoms with Crippen LogP contribution in [-0.4, -0.2) is 14.7 Å². The molecule has 0 saturated carbocycles. The Morgan fingerprint density at radius 3 is 1.14 bits per heavy atom. The maximum Gasteiger partial charge on any atom is 0.466 e. The first-order valence-corrected chi connectivity index (χ1v) is 2.35. The van der Waals surface area contributed by atoms with E-state index in [1.54, 1.807) is 0 Å². The van der Waals surface area contributed by atoms with E-state index in [0.29, 0.717) is 0 Å². The summed E-state index contributed by atoms with van der Waals surface area (Å²) in [5, 5.41) is 0. The van der Waals surface area contributed by atoms with Crippen molar-refractivity contribution in [1.82, 2.24) is 0 Å². The van der Waals surface area contributed by atoms with Crippen LogP contribution in [0.2, 0.25) is 0 Å². The third kappa shape index (κ3) is 119. The van der Waals surface area contributed by atoms with Crippen LogP contribution in [0.15, 0.2) is 0 Å². The van der Waals surface area contributed by atoms with Crippen LogP contribution in [0.5, 0.6) is 0 Å². The predicted octanol–water partition coefficient (Wildman–Crippen LogP) is -0.934. The van der Waals surface area contributed by atoms with Crippen LogP contribution >= 0.6 is 7.82 Å². The summed E-state index contributed by atoms with van der Waals surface area (Å²) in [6.07, 6.45) is 0. The zero-order valence-corrected chi connectivity index (χ0v) is 6.46. The summed E-state index contributed by atoms with van der Waals surface area (Å²) in [6, 6.07) is 0. The van der Waals surface area contributed by atoms with Crippen LogP contribution in [0.4, 0.5) is 0 Å². The van der Waals surface area contributed by atoms with E-state index in [2.05, 4.69) is 0 Å². The molecule has 0 saturated heterocycles. The molecule has 0 bridgehead atoms. The van der Waals surface area contributed by atoms with Crippen molar-refractivity contribution in [1.29, 1.82) is 0 Å². The summed E-state index contributed by atoms with van der Waals surface area (Å²) < 4.78 is 8.88. The molecule has 0 unspecified atom stereocenters. The minimum Gasteiger partial charge on any atom is -0.303 e. The first kappa shape index (κ1) is 15.8. The first-order valence-electron chi connectivity index (χ1n) is 0.783. The summed E-state index contributed by atoms with van der Waals surface area (Å²) in [5.74, 6) is 0. The van der Waals surface area contributed by atoms with Gasteiger partial charge in [0.05, 0.1) is 0 Å². The van der Waals surface area contributed by atoms with Crippen LogP contribution < -0.4 is 0 Å². The fourth-order valence-corrected chi connectivity index (χ4v) is 0. The van der Waals surface area contributed by atoms with Gasteiger partial charge in [0, 0.05) is 38.2 Å². The van der Waals surface area contributed by atoms with Crippen LogP contribution in [0.1, 0.15) is 0 Å². The summed E-state index contributed by atoms with van der Waals surface area (Å²) in [6.45, 7) is 0. The van der Waals surface area contributed by atoms with Crippen LogP contribution in [-0.2, 0) is 42.8 Å². The standard InChI is InChI=1S/Ni.H3O4P.Ti/c;1-5(2,3)4;/h;(H3,1,2,3,4);. The zero-order valence-electron chi connectivity index (χ0n) is 3.01. The molecule has 0 aromatic rings. The van der Waals surface area contributed by atoms with Gasteiger partial charge in [-0.05, 0) is 0 Å². The molecule has 0 radical (unpaired) electrons. The van der Waals surface area contributed by atoms with Gasteiger partial charge in [-0.15, -0.1) is 0 Å². The van der Waals surface area contributed by atoms with E-state index in [1.807, 2.05) is 0 Å². The largest absolute Gasteiger partial charge is 0.466 e. The average molecular weight is 205 g/mol. The molecule has 0 aliphatic rings. The molecular formula is H3NiO4PTi. The van der Waals surface area contributed by atoms with Crippen molar-refractivity contribution in [2.75, 3.05) is 0 Å². The van der Waals surface area contributed by atoms with Gasteiger partial charge in [0.2, 0.25) is 0 Å². The molecular weight excluding hydrogens is 202 g/mol. The Labute approximate surface area is 65.4 Å². The van der Waals surface area contributed by atoms with Gasteiger partial charge in [-0.3, -0.25) is 0 Å². The van der Waals surface area contributed by atoms with Crippen molar-refractivity contribution in [2.24, 2.45) is 0 Å². The van der Waals surface area contributed by atoms with E-state index in [0.717, 1.165) is 0 Å². The van der Waals surface area contributed by atoms with Crippen molar-refractivity contribution in [3.8, 4) is 0 Å². The molecule has 7 heavy (non-hydrogen) atoms. The Morgan fingerprint density at radius 1 is 1.14 bits per heavy atom. The summed E-state index contributed by atoms with van der Waals surface area (Å²) in [5.41, 5.74) is 0. The molecule has 0 aliphatic carbocycles. The van der Waals surface area contributed by atoms with Crippen molar-refractivity contribution in [3.63, 3.8) is 0 Å². The number of rotatable bonds is 0. The minimum absolute atomic E-state index is 0. The fraction of sp³-hybridized carbons (Fsp3) is 0. The zero-order chi connectivity index (χ0) is 4.50. The van der Waals surface area contributed by atoms with E-state index < -0.39 is 7.82 Å². The summed E-state index contributed by atoms with van der Waals surface area (Å²) in [4.78, 5) is 21.6. The van der Waals surface area contributed by atoms with Crippen LogP contribution in [0.3, 0.4) is 0 Å². The smallest absolute Gasteiger partial charge is 0.303 e. The molecule has 0 atom stereocenters. The quantitative estimate of drug-likeness (QED) is 0.352. The Bertz CT molecular complexity index is 57.8. The van der Waals surface area contributed by atoms with Crippen molar-refractivity contribution in [2.45, 2.75) is 0 Å². The monoisotopic (exact) mass is 204 g/mol. The first-order chi connectivity index (χ1) is 2.00. The number of hydrogen-bond donors (Lipinski definition) is 3. The Balaban J connectivity index is -0.0000000800. The van der Waals surface area contributed by atoms with E-state index in [9.17, 15) is 0 Å². The maximum absolute atomic E-state index is 8.88. The molecule has 3 N–H and O–H groups in total. The average Bonchev–Trinajstić information content (AvgIpc) is 0.722. The molecule has 0 amide bonds. The normalized spacial score (nSPS) is 8.43. The Morgan fingerprint density at radius 2 is 1.14 bits per heavy atom. The molecule has 0 heterocycles. The molecule has 0 aliphatic heterocycles. The third-order valence-electron chi connectivity index (χ3n) is 0. The SMILES string of the molecule is O=P(O)(O)O.[Ni].[Ti]. The van der Waals surface area contributed by atoms with Gasteiger partial charge in [0.15, 0.2) is 0 Å². The van der Waals surface area contributed by atoms with E-state index in [1.165, 1.54) is 0 Å². The fourth-order valence-electron chi connectivity index (χ4n) is 0. The van der Waals surface area contributed by atoms with Crippen molar-refractivity contribution < 1.29 is 57.5 Å². The van der Waals surface area contributed by atoms with Crippen LogP contribution in [0, 0.1) is 0 Å². The third-order valence-corrected chi connectivity index (χ3v) is 0.